The highest BCUT2D eigenvalue weighted by atomic mass is 35.5. The van der Waals surface area contributed by atoms with Gasteiger partial charge in [0.1, 0.15) is 18.1 Å². The van der Waals surface area contributed by atoms with Crippen molar-refractivity contribution in [2.24, 2.45) is 7.05 Å². The van der Waals surface area contributed by atoms with Crippen molar-refractivity contribution in [3.63, 3.8) is 0 Å². The van der Waals surface area contributed by atoms with Gasteiger partial charge in [-0.2, -0.15) is 5.10 Å². The molecule has 1 amide bonds. The third kappa shape index (κ3) is 2.84. The lowest BCUT2D eigenvalue weighted by Crippen LogP contribution is -2.44. The highest BCUT2D eigenvalue weighted by Gasteiger charge is 2.35. The number of aliphatic hydroxyl groups is 1. The van der Waals surface area contributed by atoms with Gasteiger partial charge in [0.15, 0.2) is 5.82 Å². The van der Waals surface area contributed by atoms with Gasteiger partial charge in [0.2, 0.25) is 0 Å². The molecule has 0 radical (unpaired) electrons. The molecule has 2 aromatic heterocycles. The molecule has 9 heteroatoms. The van der Waals surface area contributed by atoms with E-state index in [1.807, 2.05) is 18.5 Å². The summed E-state index contributed by atoms with van der Waals surface area (Å²) in [4.78, 5) is 12.3. The number of carbonyl (C=O) groups excluding carboxylic acids is 1. The number of aliphatic hydroxyl groups excluding tert-OH is 1. The second-order valence-electron chi connectivity index (χ2n) is 5.69. The van der Waals surface area contributed by atoms with Gasteiger partial charge in [0.05, 0.1) is 11.2 Å². The monoisotopic (exact) mass is 338 g/mol. The zero-order valence-corrected chi connectivity index (χ0v) is 13.8. The molecule has 0 saturated heterocycles. The Balaban J connectivity index is 1.61. The van der Waals surface area contributed by atoms with Crippen LogP contribution in [0.5, 0.6) is 0 Å². The molecular formula is C14H19ClN6O2. The number of nitrogens with one attached hydrogen (secondary N) is 1. The summed E-state index contributed by atoms with van der Waals surface area (Å²) in [7, 11) is 1.84. The van der Waals surface area contributed by atoms with Crippen LogP contribution in [0.4, 0.5) is 0 Å². The standard InChI is InChI=1S/C14H19ClN6O2/c1-3-21-12(10(15)6-16-21)14(23)17-9-4-8(5-9)13-19-18-11(7-22)20(13)2/h6,8-9,22H,3-5,7H2,1-2H3,(H,17,23). The average molecular weight is 339 g/mol. The third-order valence-corrected chi connectivity index (χ3v) is 4.56. The van der Waals surface area contributed by atoms with Crippen molar-refractivity contribution in [3.8, 4) is 0 Å². The van der Waals surface area contributed by atoms with Crippen LogP contribution in [-0.2, 0) is 20.2 Å². The number of nitrogens with zero attached hydrogens (tertiary/aromatic N) is 5. The Labute approximate surface area is 138 Å². The lowest BCUT2D eigenvalue weighted by atomic mass is 9.79. The van der Waals surface area contributed by atoms with Crippen LogP contribution in [-0.4, -0.2) is 41.6 Å². The Morgan fingerprint density at radius 2 is 2.22 bits per heavy atom. The summed E-state index contributed by atoms with van der Waals surface area (Å²) in [5.41, 5.74) is 0.402. The van der Waals surface area contributed by atoms with Crippen LogP contribution in [0.25, 0.3) is 0 Å². The topological polar surface area (TPSA) is 97.9 Å². The normalized spacial score (nSPS) is 20.3. The maximum atomic E-state index is 12.3. The zero-order valence-electron chi connectivity index (χ0n) is 13.0. The van der Waals surface area contributed by atoms with E-state index in [0.717, 1.165) is 18.7 Å². The van der Waals surface area contributed by atoms with Crippen LogP contribution in [0, 0.1) is 0 Å². The van der Waals surface area contributed by atoms with Crippen molar-refractivity contribution in [2.75, 3.05) is 0 Å². The van der Waals surface area contributed by atoms with E-state index < -0.39 is 0 Å². The van der Waals surface area contributed by atoms with Gasteiger partial charge in [-0.1, -0.05) is 11.6 Å². The van der Waals surface area contributed by atoms with Crippen molar-refractivity contribution < 1.29 is 9.90 Å². The smallest absolute Gasteiger partial charge is 0.271 e. The number of carbonyl (C=O) groups is 1. The van der Waals surface area contributed by atoms with E-state index in [9.17, 15) is 4.79 Å². The van der Waals surface area contributed by atoms with Gasteiger partial charge in [0.25, 0.3) is 5.91 Å². The summed E-state index contributed by atoms with van der Waals surface area (Å²) in [6.45, 7) is 2.37. The van der Waals surface area contributed by atoms with E-state index in [1.165, 1.54) is 6.20 Å². The first-order valence-corrected chi connectivity index (χ1v) is 7.94. The van der Waals surface area contributed by atoms with Crippen LogP contribution in [0.1, 0.15) is 47.8 Å². The molecule has 0 spiro atoms. The number of amides is 1. The van der Waals surface area contributed by atoms with E-state index >= 15 is 0 Å². The molecule has 0 atom stereocenters. The first-order valence-electron chi connectivity index (χ1n) is 7.56. The van der Waals surface area contributed by atoms with Gasteiger partial charge < -0.3 is 15.0 Å². The molecule has 3 rings (SSSR count). The number of halogens is 1. The van der Waals surface area contributed by atoms with E-state index in [0.29, 0.717) is 23.1 Å². The van der Waals surface area contributed by atoms with Gasteiger partial charge in [0, 0.05) is 25.6 Å². The Bertz CT molecular complexity index is 719. The molecule has 2 aromatic rings. The van der Waals surface area contributed by atoms with E-state index in [-0.39, 0.29) is 24.5 Å². The van der Waals surface area contributed by atoms with Crippen LogP contribution in [0.15, 0.2) is 6.20 Å². The maximum Gasteiger partial charge on any atom is 0.271 e. The molecule has 1 aliphatic carbocycles. The van der Waals surface area contributed by atoms with Gasteiger partial charge in [-0.3, -0.25) is 9.48 Å². The fraction of sp³-hybridized carbons (Fsp3) is 0.571. The van der Waals surface area contributed by atoms with Gasteiger partial charge in [-0.15, -0.1) is 10.2 Å². The largest absolute Gasteiger partial charge is 0.388 e. The van der Waals surface area contributed by atoms with Crippen molar-refractivity contribution >= 4 is 17.5 Å². The molecule has 0 aromatic carbocycles. The number of hydrogen-bond donors (Lipinski definition) is 2. The lowest BCUT2D eigenvalue weighted by Gasteiger charge is -2.35. The minimum atomic E-state index is -0.202. The molecule has 2 N–H and O–H groups in total. The minimum absolute atomic E-state index is 0.0815. The first kappa shape index (κ1) is 15.9. The summed E-state index contributed by atoms with van der Waals surface area (Å²) >= 11 is 6.04. The number of aromatic nitrogens is 5. The van der Waals surface area contributed by atoms with Crippen LogP contribution in [0.3, 0.4) is 0 Å². The second kappa shape index (κ2) is 6.29. The fourth-order valence-electron chi connectivity index (χ4n) is 2.90. The van der Waals surface area contributed by atoms with Crippen LogP contribution >= 0.6 is 11.6 Å². The average Bonchev–Trinajstić information content (AvgIpc) is 3.05. The summed E-state index contributed by atoms with van der Waals surface area (Å²) in [5.74, 6) is 1.43. The van der Waals surface area contributed by atoms with Gasteiger partial charge >= 0.3 is 0 Å². The Morgan fingerprint density at radius 3 is 2.83 bits per heavy atom. The molecule has 124 valence electrons. The van der Waals surface area contributed by atoms with Crippen molar-refractivity contribution in [3.05, 3.63) is 28.6 Å². The van der Waals surface area contributed by atoms with Gasteiger partial charge in [-0.05, 0) is 19.8 Å². The molecular weight excluding hydrogens is 320 g/mol. The minimum Gasteiger partial charge on any atom is -0.388 e. The third-order valence-electron chi connectivity index (χ3n) is 4.29. The van der Waals surface area contributed by atoms with E-state index in [2.05, 4.69) is 20.6 Å². The molecule has 0 unspecified atom stereocenters. The lowest BCUT2D eigenvalue weighted by molar-refractivity contribution is 0.0896. The predicted molar refractivity (Wildman–Crippen MR) is 83.1 cm³/mol. The summed E-state index contributed by atoms with van der Waals surface area (Å²) in [5, 5.41) is 24.6. The number of rotatable bonds is 5. The molecule has 2 heterocycles. The summed E-state index contributed by atoms with van der Waals surface area (Å²) < 4.78 is 3.40. The Kier molecular flexibility index (Phi) is 4.36. The van der Waals surface area contributed by atoms with Gasteiger partial charge in [-0.25, -0.2) is 0 Å². The summed E-state index contributed by atoms with van der Waals surface area (Å²) in [6.07, 6.45) is 3.07. The van der Waals surface area contributed by atoms with Crippen molar-refractivity contribution in [1.29, 1.82) is 0 Å². The second-order valence-corrected chi connectivity index (χ2v) is 6.09. The fourth-order valence-corrected chi connectivity index (χ4v) is 3.12. The highest BCUT2D eigenvalue weighted by Crippen LogP contribution is 2.36. The predicted octanol–water partition coefficient (Wildman–Crippen LogP) is 0.853. The molecule has 23 heavy (non-hydrogen) atoms. The van der Waals surface area contributed by atoms with E-state index in [1.54, 1.807) is 4.68 Å². The maximum absolute atomic E-state index is 12.3. The SMILES string of the molecule is CCn1ncc(Cl)c1C(=O)NC1CC(c2nnc(CO)n2C)C1. The zero-order chi connectivity index (χ0) is 16.6. The van der Waals surface area contributed by atoms with Crippen molar-refractivity contribution in [1.82, 2.24) is 29.9 Å². The molecule has 1 fully saturated rings. The quantitative estimate of drug-likeness (QED) is 0.842. The number of aryl methyl sites for hydroxylation is 1. The molecule has 1 saturated carbocycles. The van der Waals surface area contributed by atoms with Crippen LogP contribution in [0.2, 0.25) is 5.02 Å². The molecule has 8 nitrogen and oxygen atoms in total. The Hall–Kier alpha value is -1.93. The highest BCUT2D eigenvalue weighted by molar-refractivity contribution is 6.33. The van der Waals surface area contributed by atoms with Crippen molar-refractivity contribution in [2.45, 2.75) is 44.9 Å². The Morgan fingerprint density at radius 1 is 1.48 bits per heavy atom. The van der Waals surface area contributed by atoms with Crippen LogP contribution < -0.4 is 5.32 Å². The first-order chi connectivity index (χ1) is 11.0. The summed E-state index contributed by atoms with van der Waals surface area (Å²) in [6, 6.07) is 0.0815. The molecule has 0 bridgehead atoms. The number of hydrogen-bond acceptors (Lipinski definition) is 5. The molecule has 1 aliphatic rings. The molecule has 0 aliphatic heterocycles. The van der Waals surface area contributed by atoms with E-state index in [4.69, 9.17) is 16.7 Å².